The minimum absolute atomic E-state index is 0.310. The number of hydrogen-bond acceptors (Lipinski definition) is 2. The fourth-order valence-electron chi connectivity index (χ4n) is 1.86. The quantitative estimate of drug-likeness (QED) is 0.198. The second kappa shape index (κ2) is 15.0. The molecule has 0 saturated heterocycles. The first-order valence-corrected chi connectivity index (χ1v) is 7.75. The van der Waals surface area contributed by atoms with Gasteiger partial charge in [-0.1, -0.05) is 64.2 Å². The summed E-state index contributed by atoms with van der Waals surface area (Å²) in [5, 5.41) is 0. The molecule has 0 N–H and O–H groups in total. The van der Waals surface area contributed by atoms with Gasteiger partial charge in [-0.05, 0) is 25.7 Å². The van der Waals surface area contributed by atoms with Crippen LogP contribution in [0.25, 0.3) is 0 Å². The van der Waals surface area contributed by atoms with E-state index >= 15 is 0 Å². The van der Waals surface area contributed by atoms with Gasteiger partial charge in [0.15, 0.2) is 0 Å². The highest BCUT2D eigenvalue weighted by molar-refractivity contribution is 5.81. The van der Waals surface area contributed by atoms with Crippen molar-refractivity contribution in [2.75, 3.05) is 6.61 Å². The summed E-state index contributed by atoms with van der Waals surface area (Å²) in [6.07, 6.45) is 18.2. The molecule has 0 heterocycles. The molecule has 0 unspecified atom stereocenters. The molecule has 0 aromatic rings. The number of hydrogen-bond donors (Lipinski definition) is 0. The number of rotatable bonds is 13. The molecule has 0 aromatic heterocycles. The smallest absolute Gasteiger partial charge is 0.330 e. The maximum Gasteiger partial charge on any atom is 0.330 e. The molecule has 0 fully saturated rings. The Morgan fingerprint density at radius 2 is 1.53 bits per heavy atom. The van der Waals surface area contributed by atoms with Crippen LogP contribution in [-0.4, -0.2) is 12.6 Å². The summed E-state index contributed by atoms with van der Waals surface area (Å²) in [5.41, 5.74) is 0. The van der Waals surface area contributed by atoms with Crippen LogP contribution in [0.5, 0.6) is 0 Å². The summed E-state index contributed by atoms with van der Waals surface area (Å²) >= 11 is 0. The molecule has 110 valence electrons. The first-order valence-electron chi connectivity index (χ1n) is 7.75. The van der Waals surface area contributed by atoms with E-state index in [0.29, 0.717) is 6.61 Å². The zero-order valence-corrected chi connectivity index (χ0v) is 12.5. The van der Waals surface area contributed by atoms with Crippen molar-refractivity contribution < 1.29 is 9.53 Å². The number of esters is 1. The fraction of sp³-hybridized carbons (Fsp3) is 0.706. The van der Waals surface area contributed by atoms with Gasteiger partial charge in [0.25, 0.3) is 0 Å². The van der Waals surface area contributed by atoms with Crippen molar-refractivity contribution in [1.82, 2.24) is 0 Å². The summed E-state index contributed by atoms with van der Waals surface area (Å²) in [7, 11) is 0. The van der Waals surface area contributed by atoms with E-state index < -0.39 is 0 Å². The van der Waals surface area contributed by atoms with E-state index in [-0.39, 0.29) is 5.97 Å². The first kappa shape index (κ1) is 17.9. The standard InChI is InChI=1S/C17H30O2/c1-3-5-6-7-8-9-10-11-12-13-14-15-16-19-17(18)4-2/h4,7-8H,2-3,5-6,9-16H2,1H3/b8-7-. The van der Waals surface area contributed by atoms with E-state index in [1.54, 1.807) is 0 Å². The molecule has 0 spiro atoms. The highest BCUT2D eigenvalue weighted by Crippen LogP contribution is 2.08. The van der Waals surface area contributed by atoms with Gasteiger partial charge in [-0.25, -0.2) is 4.79 Å². The third-order valence-electron chi connectivity index (χ3n) is 3.07. The Morgan fingerprint density at radius 1 is 0.947 bits per heavy atom. The molecule has 0 radical (unpaired) electrons. The van der Waals surface area contributed by atoms with E-state index in [2.05, 4.69) is 25.7 Å². The normalized spacial score (nSPS) is 10.8. The van der Waals surface area contributed by atoms with E-state index in [9.17, 15) is 4.79 Å². The van der Waals surface area contributed by atoms with Gasteiger partial charge in [0.05, 0.1) is 6.61 Å². The molecule has 0 atom stereocenters. The van der Waals surface area contributed by atoms with Gasteiger partial charge in [0.2, 0.25) is 0 Å². The lowest BCUT2D eigenvalue weighted by Gasteiger charge is -2.02. The van der Waals surface area contributed by atoms with Gasteiger partial charge in [0, 0.05) is 6.08 Å². The van der Waals surface area contributed by atoms with Crippen LogP contribution in [0.4, 0.5) is 0 Å². The second-order valence-electron chi connectivity index (χ2n) is 4.90. The van der Waals surface area contributed by atoms with Crippen LogP contribution in [0.1, 0.15) is 71.1 Å². The van der Waals surface area contributed by atoms with Crippen molar-refractivity contribution in [2.24, 2.45) is 0 Å². The number of ether oxygens (including phenoxy) is 1. The van der Waals surface area contributed by atoms with E-state index in [4.69, 9.17) is 4.74 Å². The average Bonchev–Trinajstić information content (AvgIpc) is 2.43. The van der Waals surface area contributed by atoms with E-state index in [0.717, 1.165) is 12.8 Å². The minimum Gasteiger partial charge on any atom is -0.463 e. The van der Waals surface area contributed by atoms with Gasteiger partial charge >= 0.3 is 5.97 Å². The molecule has 0 rings (SSSR count). The van der Waals surface area contributed by atoms with Crippen LogP contribution in [0, 0.1) is 0 Å². The molecule has 0 amide bonds. The number of carbonyl (C=O) groups excluding carboxylic acids is 1. The van der Waals surface area contributed by atoms with Gasteiger partial charge in [-0.3, -0.25) is 0 Å². The highest BCUT2D eigenvalue weighted by Gasteiger charge is 1.95. The zero-order valence-electron chi connectivity index (χ0n) is 12.5. The van der Waals surface area contributed by atoms with Crippen LogP contribution in [0.3, 0.4) is 0 Å². The van der Waals surface area contributed by atoms with Crippen LogP contribution in [-0.2, 0) is 9.53 Å². The fourth-order valence-corrected chi connectivity index (χ4v) is 1.86. The predicted octanol–water partition coefficient (Wildman–Crippen LogP) is 5.19. The maximum absolute atomic E-state index is 10.8. The summed E-state index contributed by atoms with van der Waals surface area (Å²) < 4.78 is 4.92. The zero-order chi connectivity index (χ0) is 14.2. The Bertz CT molecular complexity index is 244. The number of allylic oxidation sites excluding steroid dienone is 2. The summed E-state index contributed by atoms with van der Waals surface area (Å²) in [4.78, 5) is 10.8. The molecular formula is C17H30O2. The maximum atomic E-state index is 10.8. The summed E-state index contributed by atoms with van der Waals surface area (Å²) in [6.45, 7) is 6.12. The van der Waals surface area contributed by atoms with Gasteiger partial charge in [-0.15, -0.1) is 0 Å². The van der Waals surface area contributed by atoms with Crippen molar-refractivity contribution in [3.63, 3.8) is 0 Å². The van der Waals surface area contributed by atoms with Crippen molar-refractivity contribution in [2.45, 2.75) is 71.1 Å². The van der Waals surface area contributed by atoms with Crippen molar-refractivity contribution >= 4 is 5.97 Å². The Hall–Kier alpha value is -1.05. The first-order chi connectivity index (χ1) is 9.31. The summed E-state index contributed by atoms with van der Waals surface area (Å²) in [5.74, 6) is -0.310. The molecule has 19 heavy (non-hydrogen) atoms. The van der Waals surface area contributed by atoms with Gasteiger partial charge in [0.1, 0.15) is 0 Å². The second-order valence-corrected chi connectivity index (χ2v) is 4.90. The lowest BCUT2D eigenvalue weighted by Crippen LogP contribution is -2.01. The Balaban J connectivity index is 3.08. The van der Waals surface area contributed by atoms with Crippen molar-refractivity contribution in [1.29, 1.82) is 0 Å². The third kappa shape index (κ3) is 14.9. The molecule has 2 heteroatoms. The monoisotopic (exact) mass is 266 g/mol. The topological polar surface area (TPSA) is 26.3 Å². The highest BCUT2D eigenvalue weighted by atomic mass is 16.5. The number of carbonyl (C=O) groups is 1. The molecule has 0 aliphatic carbocycles. The summed E-state index contributed by atoms with van der Waals surface area (Å²) in [6, 6.07) is 0. The van der Waals surface area contributed by atoms with E-state index in [1.807, 2.05) is 0 Å². The Labute approximate surface area is 118 Å². The van der Waals surface area contributed by atoms with Crippen LogP contribution in [0.2, 0.25) is 0 Å². The Kier molecular flexibility index (Phi) is 14.2. The van der Waals surface area contributed by atoms with Crippen LogP contribution in [0.15, 0.2) is 24.8 Å². The van der Waals surface area contributed by atoms with Crippen molar-refractivity contribution in [3.05, 3.63) is 24.8 Å². The SMILES string of the molecule is C=CC(=O)OCCCCCCCC/C=C\CCCC. The molecule has 0 saturated carbocycles. The molecule has 0 bridgehead atoms. The minimum atomic E-state index is -0.310. The molecular weight excluding hydrogens is 236 g/mol. The molecule has 0 aliphatic heterocycles. The van der Waals surface area contributed by atoms with Gasteiger partial charge in [-0.2, -0.15) is 0 Å². The largest absolute Gasteiger partial charge is 0.463 e. The lowest BCUT2D eigenvalue weighted by atomic mass is 10.1. The Morgan fingerprint density at radius 3 is 2.16 bits per heavy atom. The molecule has 0 aliphatic rings. The van der Waals surface area contributed by atoms with Gasteiger partial charge < -0.3 is 4.74 Å². The molecule has 0 aromatic carbocycles. The lowest BCUT2D eigenvalue weighted by molar-refractivity contribution is -0.137. The number of unbranched alkanes of at least 4 members (excludes halogenated alkanes) is 8. The molecule has 2 nitrogen and oxygen atoms in total. The van der Waals surface area contributed by atoms with E-state index in [1.165, 1.54) is 57.4 Å². The average molecular weight is 266 g/mol. The predicted molar refractivity (Wildman–Crippen MR) is 82.1 cm³/mol. The van der Waals surface area contributed by atoms with Crippen LogP contribution >= 0.6 is 0 Å². The van der Waals surface area contributed by atoms with Crippen LogP contribution < -0.4 is 0 Å². The van der Waals surface area contributed by atoms with Crippen molar-refractivity contribution in [3.8, 4) is 0 Å². The third-order valence-corrected chi connectivity index (χ3v) is 3.07.